The molecule has 0 aromatic carbocycles. The van der Waals surface area contributed by atoms with E-state index in [0.717, 1.165) is 32.2 Å². The number of rotatable bonds is 3. The van der Waals surface area contributed by atoms with E-state index in [2.05, 4.69) is 16.1 Å². The van der Waals surface area contributed by atoms with E-state index in [0.29, 0.717) is 25.6 Å². The van der Waals surface area contributed by atoms with Gasteiger partial charge in [-0.25, -0.2) is 13.6 Å². The fraction of sp³-hybridized carbons (Fsp3) is 0.952. The molecule has 4 fully saturated rings. The number of carbonyl (C=O) groups is 1. The van der Waals surface area contributed by atoms with E-state index in [-0.39, 0.29) is 43.5 Å². The lowest BCUT2D eigenvalue weighted by Gasteiger charge is -2.38. The first-order valence-electron chi connectivity index (χ1n) is 11.6. The van der Waals surface area contributed by atoms with Crippen molar-refractivity contribution in [2.24, 2.45) is 5.92 Å². The van der Waals surface area contributed by atoms with E-state index in [1.807, 2.05) is 25.7 Å². The highest BCUT2D eigenvalue weighted by molar-refractivity contribution is 5.68. The molecule has 0 spiro atoms. The summed E-state index contributed by atoms with van der Waals surface area (Å²) >= 11 is 0. The molecule has 0 aromatic rings. The van der Waals surface area contributed by atoms with E-state index in [9.17, 15) is 13.6 Å². The monoisotopic (exact) mass is 445 g/mol. The normalized spacial score (nSPS) is 35.5. The summed E-state index contributed by atoms with van der Waals surface area (Å²) in [6.45, 7) is 8.11. The highest BCUT2D eigenvalue weighted by Gasteiger charge is 2.44. The van der Waals surface area contributed by atoms with Crippen LogP contribution in [0.25, 0.3) is 0 Å². The molecule has 4 unspecified atom stereocenters. The van der Waals surface area contributed by atoms with Gasteiger partial charge >= 0.3 is 6.09 Å². The van der Waals surface area contributed by atoms with Crippen molar-refractivity contribution >= 4 is 6.09 Å². The molecule has 0 aromatic heterocycles. The summed E-state index contributed by atoms with van der Waals surface area (Å²) in [5.41, 5.74) is 2.65. The first-order valence-corrected chi connectivity index (χ1v) is 11.6. The smallest absolute Gasteiger partial charge is 0.410 e. The van der Waals surface area contributed by atoms with Crippen LogP contribution in [0.2, 0.25) is 0 Å². The molecule has 4 aliphatic rings. The lowest BCUT2D eigenvalue weighted by molar-refractivity contribution is -0.0217. The van der Waals surface area contributed by atoms with Crippen LogP contribution in [0.5, 0.6) is 0 Å². The van der Waals surface area contributed by atoms with Gasteiger partial charge in [-0.1, -0.05) is 0 Å². The number of hydroxylamine groups is 1. The minimum absolute atomic E-state index is 0.0177. The number of piperidine rings is 2. The minimum atomic E-state index is -2.55. The summed E-state index contributed by atoms with van der Waals surface area (Å²) in [6.07, 6.45) is 2.94. The number of nitrogens with one attached hydrogen (secondary N) is 3. The topological polar surface area (TPSA) is 78.1 Å². The standard InChI is InChI=1S/C21H37F2N5O3/c1-20(2,3)30-19(29)27-9-5-14(6-10-27)17-25-18(31-26-17)16-12-15(4-8-24-16)28-11-7-21(22,23)13-28/h14-18,24-26H,4-13H2,1-3H3. The third-order valence-electron chi connectivity index (χ3n) is 6.82. The van der Waals surface area contributed by atoms with Crippen LogP contribution in [0.3, 0.4) is 0 Å². The van der Waals surface area contributed by atoms with Crippen LogP contribution in [-0.4, -0.2) is 84.6 Å². The van der Waals surface area contributed by atoms with Gasteiger partial charge in [0.2, 0.25) is 0 Å². The summed E-state index contributed by atoms with van der Waals surface area (Å²) in [4.78, 5) is 21.8. The molecular formula is C21H37F2N5O3. The molecule has 0 saturated carbocycles. The predicted molar refractivity (Wildman–Crippen MR) is 111 cm³/mol. The molecule has 0 bridgehead atoms. The summed E-state index contributed by atoms with van der Waals surface area (Å²) in [5.74, 6) is -2.20. The number of hydrogen-bond donors (Lipinski definition) is 3. The highest BCUT2D eigenvalue weighted by atomic mass is 19.3. The first kappa shape index (κ1) is 23.1. The maximum atomic E-state index is 13.6. The molecule has 0 aliphatic carbocycles. The van der Waals surface area contributed by atoms with Crippen LogP contribution >= 0.6 is 0 Å². The summed E-state index contributed by atoms with van der Waals surface area (Å²) in [6, 6.07) is 0.244. The van der Waals surface area contributed by atoms with Crippen LogP contribution in [-0.2, 0) is 9.57 Å². The Kier molecular flexibility index (Phi) is 6.75. The van der Waals surface area contributed by atoms with Crippen molar-refractivity contribution in [3.8, 4) is 0 Å². The van der Waals surface area contributed by atoms with Gasteiger partial charge in [-0.3, -0.25) is 15.1 Å². The van der Waals surface area contributed by atoms with Gasteiger partial charge in [0.15, 0.2) is 0 Å². The van der Waals surface area contributed by atoms with Crippen molar-refractivity contribution in [3.05, 3.63) is 0 Å². The fourth-order valence-electron chi connectivity index (χ4n) is 5.13. The molecular weight excluding hydrogens is 408 g/mol. The van der Waals surface area contributed by atoms with Gasteiger partial charge < -0.3 is 15.0 Å². The molecule has 3 N–H and O–H groups in total. The first-order chi connectivity index (χ1) is 14.6. The molecule has 4 heterocycles. The number of carbonyl (C=O) groups excluding carboxylic acids is 1. The molecule has 1 amide bonds. The van der Waals surface area contributed by atoms with Crippen molar-refractivity contribution in [3.63, 3.8) is 0 Å². The van der Waals surface area contributed by atoms with E-state index in [1.165, 1.54) is 0 Å². The zero-order chi connectivity index (χ0) is 22.2. The van der Waals surface area contributed by atoms with Crippen molar-refractivity contribution in [1.82, 2.24) is 25.9 Å². The Labute approximate surface area is 183 Å². The molecule has 10 heteroatoms. The van der Waals surface area contributed by atoms with Crippen molar-refractivity contribution in [2.75, 3.05) is 32.7 Å². The summed E-state index contributed by atoms with van der Waals surface area (Å²) < 4.78 is 32.7. The number of halogens is 2. The van der Waals surface area contributed by atoms with Crippen molar-refractivity contribution in [1.29, 1.82) is 0 Å². The van der Waals surface area contributed by atoms with Crippen LogP contribution in [0.4, 0.5) is 13.6 Å². The average molecular weight is 446 g/mol. The van der Waals surface area contributed by atoms with E-state index < -0.39 is 11.5 Å². The Hall–Kier alpha value is -1.07. The summed E-state index contributed by atoms with van der Waals surface area (Å²) in [5, 5.41) is 7.03. The summed E-state index contributed by atoms with van der Waals surface area (Å²) in [7, 11) is 0. The van der Waals surface area contributed by atoms with Gasteiger partial charge in [0.05, 0.1) is 18.8 Å². The van der Waals surface area contributed by atoms with Crippen molar-refractivity contribution in [2.45, 2.75) is 88.9 Å². The second-order valence-corrected chi connectivity index (χ2v) is 10.4. The zero-order valence-corrected chi connectivity index (χ0v) is 18.8. The second kappa shape index (κ2) is 9.05. The number of likely N-dealkylation sites (tertiary alicyclic amines) is 2. The maximum Gasteiger partial charge on any atom is 0.410 e. The Morgan fingerprint density at radius 3 is 2.55 bits per heavy atom. The van der Waals surface area contributed by atoms with Crippen LogP contribution < -0.4 is 16.1 Å². The lowest BCUT2D eigenvalue weighted by atomic mass is 9.93. The van der Waals surface area contributed by atoms with Gasteiger partial charge in [-0.05, 0) is 58.9 Å². The third-order valence-corrected chi connectivity index (χ3v) is 6.82. The third kappa shape index (κ3) is 5.84. The quantitative estimate of drug-likeness (QED) is 0.612. The number of nitrogens with zero attached hydrogens (tertiary/aromatic N) is 2. The largest absolute Gasteiger partial charge is 0.444 e. The van der Waals surface area contributed by atoms with Gasteiger partial charge in [-0.15, -0.1) is 0 Å². The molecule has 4 aliphatic heterocycles. The average Bonchev–Trinajstić information content (AvgIpc) is 3.34. The Morgan fingerprint density at radius 2 is 1.90 bits per heavy atom. The molecule has 4 saturated heterocycles. The van der Waals surface area contributed by atoms with Crippen molar-refractivity contribution < 1.29 is 23.1 Å². The zero-order valence-electron chi connectivity index (χ0n) is 18.8. The minimum Gasteiger partial charge on any atom is -0.444 e. The van der Waals surface area contributed by atoms with E-state index in [1.54, 1.807) is 4.90 Å². The molecule has 4 atom stereocenters. The van der Waals surface area contributed by atoms with Gasteiger partial charge in [0.1, 0.15) is 11.8 Å². The number of ether oxygens (including phenoxy) is 1. The van der Waals surface area contributed by atoms with E-state index >= 15 is 0 Å². The highest BCUT2D eigenvalue weighted by Crippen LogP contribution is 2.32. The molecule has 8 nitrogen and oxygen atoms in total. The van der Waals surface area contributed by atoms with Crippen LogP contribution in [0.15, 0.2) is 0 Å². The lowest BCUT2D eigenvalue weighted by Crippen LogP contribution is -2.56. The Balaban J connectivity index is 1.23. The molecule has 4 rings (SSSR count). The SMILES string of the molecule is CC(C)(C)OC(=O)N1CCC(C2NOC(C3CC(N4CCC(F)(F)C4)CCN3)N2)CC1. The fourth-order valence-corrected chi connectivity index (χ4v) is 5.13. The van der Waals surface area contributed by atoms with E-state index in [4.69, 9.17) is 9.57 Å². The van der Waals surface area contributed by atoms with Gasteiger partial charge in [0, 0.05) is 32.1 Å². The van der Waals surface area contributed by atoms with Crippen LogP contribution in [0.1, 0.15) is 52.9 Å². The Morgan fingerprint density at radius 1 is 1.16 bits per heavy atom. The molecule has 31 heavy (non-hydrogen) atoms. The predicted octanol–water partition coefficient (Wildman–Crippen LogP) is 1.87. The molecule has 0 radical (unpaired) electrons. The molecule has 178 valence electrons. The number of amides is 1. The van der Waals surface area contributed by atoms with Crippen LogP contribution in [0, 0.1) is 5.92 Å². The van der Waals surface area contributed by atoms with Gasteiger partial charge in [0.25, 0.3) is 5.92 Å². The van der Waals surface area contributed by atoms with Gasteiger partial charge in [-0.2, -0.15) is 5.48 Å². The second-order valence-electron chi connectivity index (χ2n) is 10.4. The number of alkyl halides is 2. The maximum absolute atomic E-state index is 13.6. The number of hydrogen-bond acceptors (Lipinski definition) is 7. The Bertz CT molecular complexity index is 639.